The number of alkyl halides is 3. The zero-order valence-corrected chi connectivity index (χ0v) is 17.5. The van der Waals surface area contributed by atoms with E-state index in [0.717, 1.165) is 58.6 Å². The summed E-state index contributed by atoms with van der Waals surface area (Å²) in [5, 5.41) is 10.3. The van der Waals surface area contributed by atoms with Crippen LogP contribution >= 0.6 is 0 Å². The normalized spacial score (nSPS) is 26.5. The summed E-state index contributed by atoms with van der Waals surface area (Å²) in [6.45, 7) is 4.44. The van der Waals surface area contributed by atoms with Crippen LogP contribution in [0.2, 0.25) is 0 Å². The third-order valence-electron chi connectivity index (χ3n) is 5.82. The van der Waals surface area contributed by atoms with E-state index in [0.29, 0.717) is 17.7 Å². The van der Waals surface area contributed by atoms with Crippen LogP contribution < -0.4 is 5.32 Å². The van der Waals surface area contributed by atoms with Gasteiger partial charge >= 0.3 is 12.1 Å². The summed E-state index contributed by atoms with van der Waals surface area (Å²) >= 11 is 0. The van der Waals surface area contributed by atoms with Crippen LogP contribution in [0.25, 0.3) is 0 Å². The fourth-order valence-corrected chi connectivity index (χ4v) is 4.31. The molecule has 0 aromatic carbocycles. The van der Waals surface area contributed by atoms with Gasteiger partial charge < -0.3 is 19.9 Å². The van der Waals surface area contributed by atoms with Gasteiger partial charge in [0.05, 0.1) is 18.3 Å². The Morgan fingerprint density at radius 3 is 2.53 bits per heavy atom. The fraction of sp³-hybridized carbons (Fsp3) is 0.700. The van der Waals surface area contributed by atoms with Crippen LogP contribution in [0.1, 0.15) is 36.2 Å². The van der Waals surface area contributed by atoms with E-state index in [2.05, 4.69) is 20.2 Å². The van der Waals surface area contributed by atoms with Gasteiger partial charge in [-0.15, -0.1) is 0 Å². The molecule has 4 rings (SSSR count). The Hall–Kier alpha value is -2.31. The number of amides is 1. The summed E-state index contributed by atoms with van der Waals surface area (Å²) in [6.07, 6.45) is 4.11. The zero-order valence-electron chi connectivity index (χ0n) is 17.5. The zero-order chi connectivity index (χ0) is 23.1. The number of aliphatic carboxylic acids is 1. The van der Waals surface area contributed by atoms with Gasteiger partial charge in [0.15, 0.2) is 0 Å². The van der Waals surface area contributed by atoms with E-state index in [1.807, 2.05) is 0 Å². The van der Waals surface area contributed by atoms with E-state index < -0.39 is 12.1 Å². The molecule has 0 unspecified atom stereocenters. The number of hydrogen-bond donors (Lipinski definition) is 2. The summed E-state index contributed by atoms with van der Waals surface area (Å²) < 4.78 is 43.3. The molecule has 0 spiro atoms. The van der Waals surface area contributed by atoms with Gasteiger partial charge in [0.2, 0.25) is 0 Å². The van der Waals surface area contributed by atoms with E-state index in [-0.39, 0.29) is 18.1 Å². The van der Waals surface area contributed by atoms with Crippen molar-refractivity contribution in [3.8, 4) is 0 Å². The molecule has 9 nitrogen and oxygen atoms in total. The molecule has 0 radical (unpaired) electrons. The molecule has 1 aromatic rings. The largest absolute Gasteiger partial charge is 0.490 e. The van der Waals surface area contributed by atoms with Crippen molar-refractivity contribution in [3.05, 3.63) is 24.3 Å². The van der Waals surface area contributed by atoms with Crippen LogP contribution in [0.15, 0.2) is 18.6 Å². The van der Waals surface area contributed by atoms with Crippen molar-refractivity contribution in [2.24, 2.45) is 5.92 Å². The van der Waals surface area contributed by atoms with Crippen molar-refractivity contribution in [3.63, 3.8) is 0 Å². The number of carboxylic acids is 1. The third kappa shape index (κ3) is 6.59. The van der Waals surface area contributed by atoms with E-state index in [9.17, 15) is 18.0 Å². The average molecular weight is 460 g/mol. The Kier molecular flexibility index (Phi) is 8.38. The maximum Gasteiger partial charge on any atom is 0.490 e. The summed E-state index contributed by atoms with van der Waals surface area (Å²) in [6, 6.07) is 0.420. The number of nitrogens with zero attached hydrogens (tertiary/aromatic N) is 3. The van der Waals surface area contributed by atoms with Crippen molar-refractivity contribution >= 4 is 11.9 Å². The molecule has 12 heteroatoms. The highest BCUT2D eigenvalue weighted by Crippen LogP contribution is 2.31. The Bertz CT molecular complexity index is 761. The standard InChI is InChI=1S/C18H26N4O3.C2HF3O2/c23-18(14-10-19-5-6-20-14)21-15-12-22(11-13-3-8-24-9-4-13)16-2-1-7-25-17(15)16;3-2(4,5)1(6)7/h5-6,10,13,15-17H,1-4,7-9,11-12H2,(H,21,23);(H,6,7)/t15-,16+,17+;/m0./s1. The number of aromatic nitrogens is 2. The molecule has 178 valence electrons. The van der Waals surface area contributed by atoms with E-state index >= 15 is 0 Å². The van der Waals surface area contributed by atoms with Crippen LogP contribution in [-0.2, 0) is 14.3 Å². The molecule has 3 aliphatic heterocycles. The van der Waals surface area contributed by atoms with Gasteiger partial charge in [0.25, 0.3) is 5.91 Å². The molecule has 1 amide bonds. The summed E-state index contributed by atoms with van der Waals surface area (Å²) in [7, 11) is 0. The number of likely N-dealkylation sites (tertiary alicyclic amines) is 1. The minimum atomic E-state index is -5.08. The second-order valence-electron chi connectivity index (χ2n) is 8.03. The van der Waals surface area contributed by atoms with Crippen LogP contribution in [0.4, 0.5) is 13.2 Å². The molecule has 32 heavy (non-hydrogen) atoms. The molecule has 0 bridgehead atoms. The van der Waals surface area contributed by atoms with Gasteiger partial charge in [-0.05, 0) is 31.6 Å². The lowest BCUT2D eigenvalue weighted by Crippen LogP contribution is -2.47. The van der Waals surface area contributed by atoms with Crippen molar-refractivity contribution in [2.75, 3.05) is 32.9 Å². The first-order valence-corrected chi connectivity index (χ1v) is 10.6. The molecule has 3 saturated heterocycles. The van der Waals surface area contributed by atoms with E-state index in [4.69, 9.17) is 19.4 Å². The number of halogens is 3. The highest BCUT2D eigenvalue weighted by atomic mass is 19.4. The number of rotatable bonds is 4. The van der Waals surface area contributed by atoms with Gasteiger partial charge in [0, 0.05) is 51.3 Å². The highest BCUT2D eigenvalue weighted by molar-refractivity contribution is 5.92. The SMILES string of the molecule is O=C(N[C@H]1CN(CC2CCOCC2)[C@@H]2CCCO[C@H]12)c1cnccn1.O=C(O)C(F)(F)F. The molecular formula is C20H27F3N4O5. The first-order valence-electron chi connectivity index (χ1n) is 10.6. The van der Waals surface area contributed by atoms with Gasteiger partial charge in [-0.25, -0.2) is 9.78 Å². The van der Waals surface area contributed by atoms with Gasteiger partial charge in [-0.1, -0.05) is 0 Å². The van der Waals surface area contributed by atoms with Crippen molar-refractivity contribution in [1.29, 1.82) is 0 Å². The van der Waals surface area contributed by atoms with Crippen molar-refractivity contribution in [1.82, 2.24) is 20.2 Å². The maximum absolute atomic E-state index is 12.5. The molecule has 1 aromatic heterocycles. The Morgan fingerprint density at radius 1 is 1.19 bits per heavy atom. The quantitative estimate of drug-likeness (QED) is 0.695. The molecular weight excluding hydrogens is 433 g/mol. The predicted molar refractivity (Wildman–Crippen MR) is 105 cm³/mol. The minimum absolute atomic E-state index is 0.0136. The minimum Gasteiger partial charge on any atom is -0.475 e. The number of ether oxygens (including phenoxy) is 2. The number of carboxylic acid groups (broad SMARTS) is 1. The summed E-state index contributed by atoms with van der Waals surface area (Å²) in [4.78, 5) is 32.0. The van der Waals surface area contributed by atoms with Crippen LogP contribution in [0, 0.1) is 5.92 Å². The topological polar surface area (TPSA) is 114 Å². The van der Waals surface area contributed by atoms with Crippen molar-refractivity contribution < 1.29 is 37.3 Å². The molecule has 3 fully saturated rings. The smallest absolute Gasteiger partial charge is 0.475 e. The monoisotopic (exact) mass is 460 g/mol. The number of fused-ring (bicyclic) bond motifs is 1. The lowest BCUT2D eigenvalue weighted by Gasteiger charge is -2.34. The molecule has 4 heterocycles. The lowest BCUT2D eigenvalue weighted by atomic mass is 9.97. The molecule has 3 aliphatic rings. The Labute approximate surface area is 183 Å². The second-order valence-corrected chi connectivity index (χ2v) is 8.03. The van der Waals surface area contributed by atoms with E-state index in [1.54, 1.807) is 12.4 Å². The highest BCUT2D eigenvalue weighted by Gasteiger charge is 2.45. The molecule has 3 atom stereocenters. The van der Waals surface area contributed by atoms with Crippen LogP contribution in [-0.4, -0.2) is 89.1 Å². The molecule has 2 N–H and O–H groups in total. The number of hydrogen-bond acceptors (Lipinski definition) is 7. The van der Waals surface area contributed by atoms with Crippen molar-refractivity contribution in [2.45, 2.75) is 50.0 Å². The fourth-order valence-electron chi connectivity index (χ4n) is 4.31. The first kappa shape index (κ1) is 24.3. The Morgan fingerprint density at radius 2 is 1.91 bits per heavy atom. The maximum atomic E-state index is 12.5. The van der Waals surface area contributed by atoms with Crippen LogP contribution in [0.3, 0.4) is 0 Å². The summed E-state index contributed by atoms with van der Waals surface area (Å²) in [5.74, 6) is -2.24. The summed E-state index contributed by atoms with van der Waals surface area (Å²) in [5.41, 5.74) is 0.359. The molecule has 0 aliphatic carbocycles. The van der Waals surface area contributed by atoms with E-state index in [1.165, 1.54) is 6.20 Å². The number of nitrogens with one attached hydrogen (secondary N) is 1. The third-order valence-corrected chi connectivity index (χ3v) is 5.82. The first-order chi connectivity index (χ1) is 15.3. The predicted octanol–water partition coefficient (Wildman–Crippen LogP) is 1.50. The van der Waals surface area contributed by atoms with Crippen LogP contribution in [0.5, 0.6) is 0 Å². The average Bonchev–Trinajstić information content (AvgIpc) is 3.12. The lowest BCUT2D eigenvalue weighted by molar-refractivity contribution is -0.192. The molecule has 0 saturated carbocycles. The number of carbonyl (C=O) groups excluding carboxylic acids is 1. The van der Waals surface area contributed by atoms with Gasteiger partial charge in [0.1, 0.15) is 5.69 Å². The Balaban J connectivity index is 0.000000360. The van der Waals surface area contributed by atoms with Gasteiger partial charge in [-0.3, -0.25) is 14.7 Å². The second kappa shape index (κ2) is 11.0. The van der Waals surface area contributed by atoms with Gasteiger partial charge in [-0.2, -0.15) is 13.2 Å². The number of carbonyl (C=O) groups is 2.